The van der Waals surface area contributed by atoms with Gasteiger partial charge in [-0.2, -0.15) is 0 Å². The first-order valence-electron chi connectivity index (χ1n) is 9.50. The van der Waals surface area contributed by atoms with Crippen LogP contribution in [0.25, 0.3) is 0 Å². The normalized spacial score (nSPS) is 17.7. The Bertz CT molecular complexity index is 536. The van der Waals surface area contributed by atoms with Crippen LogP contribution in [-0.2, 0) is 13.6 Å². The van der Waals surface area contributed by atoms with Crippen molar-refractivity contribution in [3.8, 4) is 0 Å². The van der Waals surface area contributed by atoms with Crippen LogP contribution in [0.1, 0.15) is 19.5 Å². The molecule has 0 bridgehead atoms. The van der Waals surface area contributed by atoms with E-state index in [1.165, 1.54) is 38.4 Å². The molecule has 1 unspecified atom stereocenters. The second-order valence-corrected chi connectivity index (χ2v) is 7.23. The van der Waals surface area contributed by atoms with E-state index < -0.39 is 0 Å². The van der Waals surface area contributed by atoms with Crippen molar-refractivity contribution in [1.29, 1.82) is 0 Å². The van der Waals surface area contributed by atoms with Gasteiger partial charge in [0.1, 0.15) is 0 Å². The van der Waals surface area contributed by atoms with Crippen LogP contribution in [0.4, 0.5) is 0 Å². The molecule has 2 rings (SSSR count). The van der Waals surface area contributed by atoms with Crippen molar-refractivity contribution >= 4 is 29.9 Å². The van der Waals surface area contributed by atoms with Gasteiger partial charge < -0.3 is 24.6 Å². The van der Waals surface area contributed by atoms with Gasteiger partial charge in [0.15, 0.2) is 5.96 Å². The highest BCUT2D eigenvalue weighted by atomic mass is 127. The molecule has 0 spiro atoms. The first-order chi connectivity index (χ1) is 12.0. The van der Waals surface area contributed by atoms with E-state index in [9.17, 15) is 0 Å². The smallest absolute Gasteiger partial charge is 0.193 e. The van der Waals surface area contributed by atoms with Gasteiger partial charge in [-0.3, -0.25) is 4.99 Å². The molecular formula is C19H37IN6. The Morgan fingerprint density at radius 1 is 1.27 bits per heavy atom. The van der Waals surface area contributed by atoms with Gasteiger partial charge in [-0.15, -0.1) is 24.0 Å². The van der Waals surface area contributed by atoms with E-state index in [0.29, 0.717) is 5.92 Å². The van der Waals surface area contributed by atoms with Crippen molar-refractivity contribution in [2.24, 2.45) is 18.0 Å². The van der Waals surface area contributed by atoms with E-state index in [0.717, 1.165) is 25.6 Å². The zero-order valence-electron chi connectivity index (χ0n) is 17.1. The maximum absolute atomic E-state index is 4.44. The number of nitrogens with one attached hydrogen (secondary N) is 1. The predicted molar refractivity (Wildman–Crippen MR) is 121 cm³/mol. The highest BCUT2D eigenvalue weighted by molar-refractivity contribution is 14.0. The minimum Gasteiger partial charge on any atom is -0.356 e. The summed E-state index contributed by atoms with van der Waals surface area (Å²) in [6.07, 6.45) is 2.08. The van der Waals surface area contributed by atoms with Crippen molar-refractivity contribution in [2.45, 2.75) is 20.4 Å². The summed E-state index contributed by atoms with van der Waals surface area (Å²) < 4.78 is 2.16. The zero-order valence-corrected chi connectivity index (χ0v) is 19.4. The lowest BCUT2D eigenvalue weighted by atomic mass is 10.1. The third-order valence-electron chi connectivity index (χ3n) is 5.11. The molecule has 0 aliphatic carbocycles. The van der Waals surface area contributed by atoms with Crippen LogP contribution in [0.2, 0.25) is 0 Å². The number of guanidine groups is 1. The van der Waals surface area contributed by atoms with Crippen molar-refractivity contribution in [1.82, 2.24) is 24.6 Å². The third kappa shape index (κ3) is 7.08. The molecule has 1 saturated heterocycles. The minimum atomic E-state index is 0. The van der Waals surface area contributed by atoms with Crippen molar-refractivity contribution < 1.29 is 0 Å². The summed E-state index contributed by atoms with van der Waals surface area (Å²) in [7, 11) is 6.04. The summed E-state index contributed by atoms with van der Waals surface area (Å²) in [5, 5.41) is 3.54. The molecule has 7 heteroatoms. The molecule has 0 radical (unpaired) electrons. The van der Waals surface area contributed by atoms with Crippen LogP contribution < -0.4 is 5.32 Å². The van der Waals surface area contributed by atoms with Crippen LogP contribution in [0.3, 0.4) is 0 Å². The van der Waals surface area contributed by atoms with Gasteiger partial charge >= 0.3 is 0 Å². The van der Waals surface area contributed by atoms with Crippen LogP contribution in [-0.4, -0.2) is 85.1 Å². The van der Waals surface area contributed by atoms with E-state index in [2.05, 4.69) is 75.8 Å². The largest absolute Gasteiger partial charge is 0.356 e. The lowest BCUT2D eigenvalue weighted by Crippen LogP contribution is -2.48. The number of rotatable bonds is 7. The van der Waals surface area contributed by atoms with Crippen molar-refractivity contribution in [3.05, 3.63) is 24.0 Å². The Balaban J connectivity index is 0.00000338. The fourth-order valence-corrected chi connectivity index (χ4v) is 3.42. The Morgan fingerprint density at radius 3 is 2.46 bits per heavy atom. The van der Waals surface area contributed by atoms with Crippen LogP contribution >= 0.6 is 24.0 Å². The van der Waals surface area contributed by atoms with Gasteiger partial charge in [-0.1, -0.05) is 13.8 Å². The van der Waals surface area contributed by atoms with E-state index in [1.54, 1.807) is 0 Å². The number of hydrogen-bond acceptors (Lipinski definition) is 3. The number of hydrogen-bond donors (Lipinski definition) is 1. The Kier molecular flexibility index (Phi) is 10.6. The number of aryl methyl sites for hydroxylation is 1. The van der Waals surface area contributed by atoms with Gasteiger partial charge in [-0.05, 0) is 24.6 Å². The number of aliphatic imine (C=N–C) groups is 1. The molecular weight excluding hydrogens is 439 g/mol. The summed E-state index contributed by atoms with van der Waals surface area (Å²) in [6.45, 7) is 13.5. The highest BCUT2D eigenvalue weighted by Gasteiger charge is 2.18. The summed E-state index contributed by atoms with van der Waals surface area (Å²) in [6, 6.07) is 4.24. The molecule has 1 aliphatic rings. The first-order valence-corrected chi connectivity index (χ1v) is 9.50. The number of likely N-dealkylation sites (N-methyl/N-ethyl adjacent to an activating group) is 1. The fourth-order valence-electron chi connectivity index (χ4n) is 3.42. The fraction of sp³-hybridized carbons (Fsp3) is 0.737. The third-order valence-corrected chi connectivity index (χ3v) is 5.11. The van der Waals surface area contributed by atoms with Gasteiger partial charge in [0, 0.05) is 72.3 Å². The van der Waals surface area contributed by atoms with Crippen LogP contribution in [0, 0.1) is 5.92 Å². The van der Waals surface area contributed by atoms with Gasteiger partial charge in [-0.25, -0.2) is 0 Å². The number of piperazine rings is 1. The molecule has 0 aromatic carbocycles. The monoisotopic (exact) mass is 476 g/mol. The second kappa shape index (κ2) is 11.8. The minimum absolute atomic E-state index is 0. The van der Waals surface area contributed by atoms with Crippen LogP contribution in [0.5, 0.6) is 0 Å². The lowest BCUT2D eigenvalue weighted by Gasteiger charge is -2.35. The average molecular weight is 476 g/mol. The number of aromatic nitrogens is 1. The van der Waals surface area contributed by atoms with Gasteiger partial charge in [0.05, 0.1) is 6.54 Å². The molecule has 1 aliphatic heterocycles. The maximum Gasteiger partial charge on any atom is 0.193 e. The zero-order chi connectivity index (χ0) is 18.2. The molecule has 150 valence electrons. The summed E-state index contributed by atoms with van der Waals surface area (Å²) >= 11 is 0. The molecule has 1 N–H and O–H groups in total. The number of halogens is 1. The molecule has 0 amide bonds. The Hall–Kier alpha value is -0.800. The molecule has 2 heterocycles. The first kappa shape index (κ1) is 23.2. The standard InChI is InChI=1S/C19H36N6.HI/c1-6-24-10-12-25(13-11-24)15-17(2)14-21-19(20-3)23(5)16-18-8-7-9-22(18)4;/h7-9,17H,6,10-16H2,1-5H3,(H,20,21);1H. The van der Waals surface area contributed by atoms with E-state index >= 15 is 0 Å². The van der Waals surface area contributed by atoms with Crippen LogP contribution in [0.15, 0.2) is 23.3 Å². The maximum atomic E-state index is 4.44. The van der Waals surface area contributed by atoms with E-state index in [-0.39, 0.29) is 24.0 Å². The van der Waals surface area contributed by atoms with E-state index in [4.69, 9.17) is 0 Å². The van der Waals surface area contributed by atoms with E-state index in [1.807, 2.05) is 7.05 Å². The molecule has 0 saturated carbocycles. The quantitative estimate of drug-likeness (QED) is 0.371. The molecule has 1 atom stereocenters. The molecule has 26 heavy (non-hydrogen) atoms. The summed E-state index contributed by atoms with van der Waals surface area (Å²) in [4.78, 5) is 11.7. The topological polar surface area (TPSA) is 39.0 Å². The SMILES string of the molecule is CCN1CCN(CC(C)CNC(=NC)N(C)Cc2cccn2C)CC1.I. The highest BCUT2D eigenvalue weighted by Crippen LogP contribution is 2.06. The van der Waals surface area contributed by atoms with Crippen molar-refractivity contribution in [2.75, 3.05) is 59.9 Å². The Morgan fingerprint density at radius 2 is 1.92 bits per heavy atom. The molecule has 1 aromatic heterocycles. The molecule has 6 nitrogen and oxygen atoms in total. The van der Waals surface area contributed by atoms with Gasteiger partial charge in [0.25, 0.3) is 0 Å². The van der Waals surface area contributed by atoms with Gasteiger partial charge in [0.2, 0.25) is 0 Å². The predicted octanol–water partition coefficient (Wildman–Crippen LogP) is 1.92. The molecule has 1 aromatic rings. The van der Waals surface area contributed by atoms with Crippen molar-refractivity contribution in [3.63, 3.8) is 0 Å². The summed E-state index contributed by atoms with van der Waals surface area (Å²) in [5.41, 5.74) is 1.28. The molecule has 1 fully saturated rings. The summed E-state index contributed by atoms with van der Waals surface area (Å²) in [5.74, 6) is 1.57. The second-order valence-electron chi connectivity index (χ2n) is 7.23. The Labute approximate surface area is 176 Å². The average Bonchev–Trinajstić information content (AvgIpc) is 3.01. The lowest BCUT2D eigenvalue weighted by molar-refractivity contribution is 0.124. The number of nitrogens with zero attached hydrogens (tertiary/aromatic N) is 5.